The van der Waals surface area contributed by atoms with Gasteiger partial charge in [-0.3, -0.25) is 13.8 Å². The standard InChI is InChI=1S/C26H21ClN4O6S2/c27-18-8-12-21(13-9-18)39(35,36)31-17-24(37-23-6-2-1-5-22(23)31)26(32)29-19-10-14-20(15-11-19)38(33,34)30-25-7-3-4-16-28-25/h1-16,24H,17H2,(H,28,30)(H,29,32). The molecule has 3 aromatic carbocycles. The average Bonchev–Trinajstić information content (AvgIpc) is 2.93. The predicted octanol–water partition coefficient (Wildman–Crippen LogP) is 4.13. The third kappa shape index (κ3) is 5.67. The van der Waals surface area contributed by atoms with E-state index in [9.17, 15) is 21.6 Å². The number of sulfonamides is 2. The lowest BCUT2D eigenvalue weighted by Gasteiger charge is -2.34. The second-order valence-electron chi connectivity index (χ2n) is 8.40. The van der Waals surface area contributed by atoms with Crippen LogP contribution in [0.1, 0.15) is 0 Å². The van der Waals surface area contributed by atoms with E-state index < -0.39 is 32.1 Å². The number of amides is 1. The van der Waals surface area contributed by atoms with Gasteiger partial charge in [-0.1, -0.05) is 29.8 Å². The van der Waals surface area contributed by atoms with Crippen molar-refractivity contribution >= 4 is 54.7 Å². The van der Waals surface area contributed by atoms with Crippen LogP contribution in [0.3, 0.4) is 0 Å². The topological polar surface area (TPSA) is 135 Å². The Kier molecular flexibility index (Phi) is 7.17. The van der Waals surface area contributed by atoms with Gasteiger partial charge in [-0.05, 0) is 72.8 Å². The fourth-order valence-electron chi connectivity index (χ4n) is 3.86. The van der Waals surface area contributed by atoms with Crippen LogP contribution in [0.4, 0.5) is 17.2 Å². The maximum Gasteiger partial charge on any atom is 0.267 e. The Labute approximate surface area is 230 Å². The van der Waals surface area contributed by atoms with Crippen LogP contribution in [-0.2, 0) is 24.8 Å². The number of hydrogen-bond donors (Lipinski definition) is 2. The van der Waals surface area contributed by atoms with Crippen molar-refractivity contribution in [1.29, 1.82) is 0 Å². The van der Waals surface area contributed by atoms with Crippen molar-refractivity contribution in [3.8, 4) is 5.75 Å². The Bertz CT molecular complexity index is 1720. The van der Waals surface area contributed by atoms with E-state index in [1.807, 2.05) is 0 Å². The minimum atomic E-state index is -4.04. The zero-order chi connectivity index (χ0) is 27.6. The minimum Gasteiger partial charge on any atom is -0.476 e. The summed E-state index contributed by atoms with van der Waals surface area (Å²) in [5.41, 5.74) is 0.595. The number of benzene rings is 3. The van der Waals surface area contributed by atoms with Crippen LogP contribution in [0.25, 0.3) is 0 Å². The number of para-hydroxylation sites is 2. The number of nitrogens with zero attached hydrogens (tertiary/aromatic N) is 2. The summed E-state index contributed by atoms with van der Waals surface area (Å²) in [7, 11) is -7.94. The van der Waals surface area contributed by atoms with Crippen LogP contribution in [0, 0.1) is 0 Å². The number of anilines is 3. The number of rotatable bonds is 7. The molecule has 0 saturated carbocycles. The SMILES string of the molecule is O=C(Nc1ccc(S(=O)(=O)Nc2ccccn2)cc1)C1CN(S(=O)(=O)c2ccc(Cl)cc2)c2ccccc2O1. The van der Waals surface area contributed by atoms with E-state index in [4.69, 9.17) is 16.3 Å². The van der Waals surface area contributed by atoms with Crippen molar-refractivity contribution in [2.24, 2.45) is 0 Å². The molecule has 0 fully saturated rings. The molecule has 1 unspecified atom stereocenters. The summed E-state index contributed by atoms with van der Waals surface area (Å²) >= 11 is 5.92. The third-order valence-electron chi connectivity index (χ3n) is 5.76. The number of hydrogen-bond acceptors (Lipinski definition) is 7. The fraction of sp³-hybridized carbons (Fsp3) is 0.0769. The molecule has 4 aromatic rings. The summed E-state index contributed by atoms with van der Waals surface area (Å²) < 4.78 is 61.6. The van der Waals surface area contributed by atoms with Crippen LogP contribution >= 0.6 is 11.6 Å². The molecule has 2 heterocycles. The highest BCUT2D eigenvalue weighted by Crippen LogP contribution is 2.37. The molecule has 1 aromatic heterocycles. The average molecular weight is 585 g/mol. The van der Waals surface area contributed by atoms with Gasteiger partial charge in [0, 0.05) is 16.9 Å². The Balaban J connectivity index is 1.34. The van der Waals surface area contributed by atoms with E-state index in [1.165, 1.54) is 60.8 Å². The van der Waals surface area contributed by atoms with E-state index in [0.29, 0.717) is 16.4 Å². The molecule has 0 radical (unpaired) electrons. The van der Waals surface area contributed by atoms with Crippen LogP contribution in [0.2, 0.25) is 5.02 Å². The number of fused-ring (bicyclic) bond motifs is 1. The Morgan fingerprint density at radius 2 is 1.54 bits per heavy atom. The lowest BCUT2D eigenvalue weighted by atomic mass is 10.2. The summed E-state index contributed by atoms with van der Waals surface area (Å²) in [6.45, 7) is -0.283. The van der Waals surface area contributed by atoms with Gasteiger partial charge in [0.2, 0.25) is 0 Å². The molecule has 0 saturated heterocycles. The molecule has 1 aliphatic rings. The molecule has 0 bridgehead atoms. The number of halogens is 1. The molecule has 1 atom stereocenters. The fourth-order valence-corrected chi connectivity index (χ4v) is 6.47. The number of carbonyl (C=O) groups excluding carboxylic acids is 1. The van der Waals surface area contributed by atoms with Gasteiger partial charge in [0.15, 0.2) is 6.10 Å². The van der Waals surface area contributed by atoms with Gasteiger partial charge >= 0.3 is 0 Å². The molecule has 1 aliphatic heterocycles. The highest BCUT2D eigenvalue weighted by Gasteiger charge is 2.37. The van der Waals surface area contributed by atoms with Gasteiger partial charge in [0.25, 0.3) is 26.0 Å². The van der Waals surface area contributed by atoms with Gasteiger partial charge in [-0.2, -0.15) is 0 Å². The van der Waals surface area contributed by atoms with Crippen LogP contribution in [0.15, 0.2) is 107 Å². The normalized spacial score (nSPS) is 15.1. The van der Waals surface area contributed by atoms with E-state index in [0.717, 1.165) is 4.31 Å². The number of aromatic nitrogens is 1. The van der Waals surface area contributed by atoms with Gasteiger partial charge < -0.3 is 10.1 Å². The van der Waals surface area contributed by atoms with Crippen molar-refractivity contribution in [3.63, 3.8) is 0 Å². The van der Waals surface area contributed by atoms with Crippen molar-refractivity contribution in [2.45, 2.75) is 15.9 Å². The first-order valence-corrected chi connectivity index (χ1v) is 14.8. The first-order valence-electron chi connectivity index (χ1n) is 11.5. The summed E-state index contributed by atoms with van der Waals surface area (Å²) in [5, 5.41) is 3.05. The summed E-state index contributed by atoms with van der Waals surface area (Å²) in [5.74, 6) is -0.214. The molecule has 2 N–H and O–H groups in total. The maximum absolute atomic E-state index is 13.5. The number of ether oxygens (including phenoxy) is 1. The van der Waals surface area contributed by atoms with Gasteiger partial charge in [0.1, 0.15) is 11.6 Å². The number of carbonyl (C=O) groups is 1. The summed E-state index contributed by atoms with van der Waals surface area (Å²) in [4.78, 5) is 17.1. The first kappa shape index (κ1) is 26.5. The number of nitrogens with one attached hydrogen (secondary N) is 2. The highest BCUT2D eigenvalue weighted by atomic mass is 35.5. The van der Waals surface area contributed by atoms with Crippen molar-refractivity contribution < 1.29 is 26.4 Å². The van der Waals surface area contributed by atoms with Crippen LogP contribution < -0.4 is 19.1 Å². The molecule has 5 rings (SSSR count). The van der Waals surface area contributed by atoms with Crippen LogP contribution in [0.5, 0.6) is 5.75 Å². The monoisotopic (exact) mass is 584 g/mol. The lowest BCUT2D eigenvalue weighted by molar-refractivity contribution is -0.122. The Morgan fingerprint density at radius 1 is 0.872 bits per heavy atom. The second kappa shape index (κ2) is 10.6. The van der Waals surface area contributed by atoms with Gasteiger partial charge in [0.05, 0.1) is 22.0 Å². The Hall–Kier alpha value is -4.13. The van der Waals surface area contributed by atoms with E-state index in [2.05, 4.69) is 15.0 Å². The zero-order valence-electron chi connectivity index (χ0n) is 20.1. The first-order chi connectivity index (χ1) is 18.6. The van der Waals surface area contributed by atoms with E-state index >= 15 is 0 Å². The Morgan fingerprint density at radius 3 is 2.23 bits per heavy atom. The molecule has 39 heavy (non-hydrogen) atoms. The largest absolute Gasteiger partial charge is 0.476 e. The third-order valence-corrected chi connectivity index (χ3v) is 9.18. The molecule has 0 aliphatic carbocycles. The molecular formula is C26H21ClN4O6S2. The van der Waals surface area contributed by atoms with Crippen molar-refractivity contribution in [1.82, 2.24) is 4.98 Å². The predicted molar refractivity (Wildman–Crippen MR) is 147 cm³/mol. The van der Waals surface area contributed by atoms with Crippen LogP contribution in [-0.4, -0.2) is 40.4 Å². The molecular weight excluding hydrogens is 564 g/mol. The quantitative estimate of drug-likeness (QED) is 0.333. The minimum absolute atomic E-state index is 0.0128. The highest BCUT2D eigenvalue weighted by molar-refractivity contribution is 7.93. The molecule has 10 nitrogen and oxygen atoms in total. The number of pyridine rings is 1. The molecule has 0 spiro atoms. The second-order valence-corrected chi connectivity index (χ2v) is 12.4. The van der Waals surface area contributed by atoms with Crippen molar-refractivity contribution in [2.75, 3.05) is 20.9 Å². The van der Waals surface area contributed by atoms with Gasteiger partial charge in [-0.15, -0.1) is 0 Å². The zero-order valence-corrected chi connectivity index (χ0v) is 22.4. The van der Waals surface area contributed by atoms with E-state index in [-0.39, 0.29) is 27.9 Å². The summed E-state index contributed by atoms with van der Waals surface area (Å²) in [6.07, 6.45) is 0.278. The summed E-state index contributed by atoms with van der Waals surface area (Å²) in [6, 6.07) is 22.6. The van der Waals surface area contributed by atoms with Gasteiger partial charge in [-0.25, -0.2) is 21.8 Å². The molecule has 13 heteroatoms. The van der Waals surface area contributed by atoms with Crippen molar-refractivity contribution in [3.05, 3.63) is 102 Å². The smallest absolute Gasteiger partial charge is 0.267 e. The molecule has 1 amide bonds. The maximum atomic E-state index is 13.5. The lowest BCUT2D eigenvalue weighted by Crippen LogP contribution is -2.48. The molecule has 200 valence electrons. The van der Waals surface area contributed by atoms with E-state index in [1.54, 1.807) is 36.4 Å².